The monoisotopic (exact) mass is 408 g/mol. The molecule has 0 saturated heterocycles. The van der Waals surface area contributed by atoms with Gasteiger partial charge in [0, 0.05) is 0 Å². The van der Waals surface area contributed by atoms with Crippen molar-refractivity contribution in [1.29, 1.82) is 0 Å². The molecule has 0 aliphatic heterocycles. The van der Waals surface area contributed by atoms with Crippen molar-refractivity contribution >= 4 is 28.7 Å². The zero-order valence-electron chi connectivity index (χ0n) is 15.0. The molecule has 1 aromatic carbocycles. The molecule has 5 nitrogen and oxygen atoms in total. The fourth-order valence-corrected chi connectivity index (χ4v) is 4.63. The number of aliphatic hydroxyl groups is 1. The summed E-state index contributed by atoms with van der Waals surface area (Å²) in [6.45, 7) is 3.82. The van der Waals surface area contributed by atoms with E-state index in [4.69, 9.17) is 0 Å². The number of aryl methyl sites for hydroxylation is 2. The Kier molecular flexibility index (Phi) is 7.52. The molecule has 0 bridgehead atoms. The van der Waals surface area contributed by atoms with E-state index in [1.54, 1.807) is 6.07 Å². The third-order valence-electron chi connectivity index (χ3n) is 4.93. The van der Waals surface area contributed by atoms with Crippen LogP contribution in [0, 0.1) is 19.8 Å². The summed E-state index contributed by atoms with van der Waals surface area (Å²) >= 11 is 1.38. The molecule has 2 amide bonds. The van der Waals surface area contributed by atoms with Gasteiger partial charge in [-0.25, -0.2) is 0 Å². The fraction of sp³-hybridized carbons (Fsp3) is 0.579. The Labute approximate surface area is 158 Å². The van der Waals surface area contributed by atoms with Gasteiger partial charge in [-0.3, -0.25) is 0 Å². The molecular weight excluding hydrogens is 379 g/mol. The topological polar surface area (TPSA) is 78.4 Å². The van der Waals surface area contributed by atoms with Crippen LogP contribution in [0.3, 0.4) is 0 Å². The third-order valence-corrected chi connectivity index (χ3v) is 6.27. The van der Waals surface area contributed by atoms with Crippen molar-refractivity contribution in [2.45, 2.75) is 63.2 Å². The van der Waals surface area contributed by atoms with Gasteiger partial charge in [-0.05, 0) is 0 Å². The SMILES string of the molecule is Cc1ccc(C(=O)NNC(=O)C(O)[C@H]([AsH2])CC2CCCCC2)c(C)c1. The van der Waals surface area contributed by atoms with E-state index in [1.807, 2.05) is 26.0 Å². The Bertz CT molecular complexity index is 615. The van der Waals surface area contributed by atoms with Crippen LogP contribution in [-0.4, -0.2) is 39.9 Å². The van der Waals surface area contributed by atoms with Gasteiger partial charge in [0.05, 0.1) is 0 Å². The van der Waals surface area contributed by atoms with E-state index < -0.39 is 12.0 Å². The molecule has 2 rings (SSSR count). The molecule has 6 heteroatoms. The second-order valence-electron chi connectivity index (χ2n) is 7.11. The minimum atomic E-state index is -1.08. The summed E-state index contributed by atoms with van der Waals surface area (Å²) in [7, 11) is 0. The molecule has 2 unspecified atom stereocenters. The molecular formula is C19H29AsN2O3. The molecule has 1 saturated carbocycles. The Morgan fingerprint density at radius 1 is 1.20 bits per heavy atom. The van der Waals surface area contributed by atoms with Crippen molar-refractivity contribution in [3.05, 3.63) is 34.9 Å². The number of nitrogens with one attached hydrogen (secondary N) is 2. The summed E-state index contributed by atoms with van der Waals surface area (Å²) in [4.78, 5) is 24.3. The average Bonchev–Trinajstić information content (AvgIpc) is 2.59. The number of benzene rings is 1. The molecule has 1 fully saturated rings. The summed E-state index contributed by atoms with van der Waals surface area (Å²) in [5.41, 5.74) is 7.21. The predicted molar refractivity (Wildman–Crippen MR) is 101 cm³/mol. The molecule has 3 atom stereocenters. The summed E-state index contributed by atoms with van der Waals surface area (Å²) in [5.74, 6) is -0.301. The van der Waals surface area contributed by atoms with Crippen molar-refractivity contribution in [3.63, 3.8) is 0 Å². The van der Waals surface area contributed by atoms with Crippen molar-refractivity contribution in [2.75, 3.05) is 0 Å². The van der Waals surface area contributed by atoms with Gasteiger partial charge in [0.15, 0.2) is 0 Å². The van der Waals surface area contributed by atoms with E-state index in [0.717, 1.165) is 17.5 Å². The van der Waals surface area contributed by atoms with Crippen LogP contribution < -0.4 is 10.9 Å². The van der Waals surface area contributed by atoms with Gasteiger partial charge in [0.25, 0.3) is 0 Å². The second kappa shape index (κ2) is 9.40. The summed E-state index contributed by atoms with van der Waals surface area (Å²) < 4.78 is -0.0615. The van der Waals surface area contributed by atoms with E-state index in [0.29, 0.717) is 11.5 Å². The normalized spacial score (nSPS) is 17.6. The molecule has 1 aliphatic rings. The second-order valence-corrected chi connectivity index (χ2v) is 8.91. The molecule has 25 heavy (non-hydrogen) atoms. The van der Waals surface area contributed by atoms with E-state index in [-0.39, 0.29) is 10.6 Å². The maximum atomic E-state index is 12.2. The Hall–Kier alpha value is -1.32. The van der Waals surface area contributed by atoms with Gasteiger partial charge in [0.1, 0.15) is 0 Å². The number of carbonyl (C=O) groups is 2. The summed E-state index contributed by atoms with van der Waals surface area (Å²) in [6, 6.07) is 5.51. The van der Waals surface area contributed by atoms with Crippen LogP contribution in [0.25, 0.3) is 0 Å². The van der Waals surface area contributed by atoms with E-state index >= 15 is 0 Å². The van der Waals surface area contributed by atoms with Crippen LogP contribution in [0.2, 0.25) is 4.71 Å². The molecule has 138 valence electrons. The molecule has 0 spiro atoms. The first-order valence-electron chi connectivity index (χ1n) is 8.99. The van der Waals surface area contributed by atoms with Crippen LogP contribution in [0.15, 0.2) is 18.2 Å². The number of amides is 2. The quantitative estimate of drug-likeness (QED) is 0.514. The molecule has 0 radical (unpaired) electrons. The molecule has 3 N–H and O–H groups in total. The standard InChI is InChI=1S/C19H29AsN2O3/c1-12-8-9-15(13(2)10-12)18(24)21-22-19(25)17(23)16(20)11-14-6-4-3-5-7-14/h8-10,14,16-17,23H,3-7,11,20H2,1-2H3,(H,21,24)(H,22,25)/t16-,17?/m1/s1. The van der Waals surface area contributed by atoms with Crippen molar-refractivity contribution in [3.8, 4) is 0 Å². The number of hydrogen-bond donors (Lipinski definition) is 3. The average molecular weight is 408 g/mol. The zero-order valence-corrected chi connectivity index (χ0v) is 17.5. The first kappa shape index (κ1) is 20.0. The van der Waals surface area contributed by atoms with Crippen LogP contribution in [0.1, 0.15) is 60.0 Å². The molecule has 0 heterocycles. The Morgan fingerprint density at radius 3 is 2.52 bits per heavy atom. The van der Waals surface area contributed by atoms with Crippen LogP contribution in [0.5, 0.6) is 0 Å². The van der Waals surface area contributed by atoms with Gasteiger partial charge in [0.2, 0.25) is 0 Å². The first-order chi connectivity index (χ1) is 11.9. The van der Waals surface area contributed by atoms with Gasteiger partial charge >= 0.3 is 158 Å². The van der Waals surface area contributed by atoms with Gasteiger partial charge in [-0.1, -0.05) is 0 Å². The van der Waals surface area contributed by atoms with E-state index in [2.05, 4.69) is 10.9 Å². The van der Waals surface area contributed by atoms with Crippen molar-refractivity contribution < 1.29 is 14.7 Å². The zero-order chi connectivity index (χ0) is 18.4. The Balaban J connectivity index is 1.82. The van der Waals surface area contributed by atoms with Crippen molar-refractivity contribution in [2.24, 2.45) is 5.92 Å². The Morgan fingerprint density at radius 2 is 1.88 bits per heavy atom. The fourth-order valence-electron chi connectivity index (χ4n) is 3.46. The van der Waals surface area contributed by atoms with Gasteiger partial charge in [-0.2, -0.15) is 0 Å². The number of hydrogen-bond acceptors (Lipinski definition) is 3. The molecule has 1 aliphatic carbocycles. The van der Waals surface area contributed by atoms with Crippen LogP contribution in [0.4, 0.5) is 0 Å². The van der Waals surface area contributed by atoms with Gasteiger partial charge < -0.3 is 0 Å². The number of carbonyl (C=O) groups excluding carboxylic acids is 2. The third kappa shape index (κ3) is 5.86. The van der Waals surface area contributed by atoms with E-state index in [9.17, 15) is 14.7 Å². The maximum absolute atomic E-state index is 12.2. The minimum absolute atomic E-state index is 0.0615. The summed E-state index contributed by atoms with van der Waals surface area (Å²) in [5, 5.41) is 10.2. The molecule has 1 aromatic rings. The van der Waals surface area contributed by atoms with Crippen LogP contribution >= 0.6 is 0 Å². The first-order valence-corrected chi connectivity index (χ1v) is 10.4. The van der Waals surface area contributed by atoms with Crippen LogP contribution in [-0.2, 0) is 4.79 Å². The number of aliphatic hydroxyl groups excluding tert-OH is 1. The molecule has 0 aromatic heterocycles. The van der Waals surface area contributed by atoms with Gasteiger partial charge in [-0.15, -0.1) is 0 Å². The summed E-state index contributed by atoms with van der Waals surface area (Å²) in [6.07, 6.45) is 5.97. The number of rotatable bonds is 5. The number of hydrazine groups is 1. The van der Waals surface area contributed by atoms with E-state index in [1.165, 1.54) is 49.0 Å². The predicted octanol–water partition coefficient (Wildman–Crippen LogP) is 1.82. The van der Waals surface area contributed by atoms with Crippen molar-refractivity contribution in [1.82, 2.24) is 10.9 Å².